The summed E-state index contributed by atoms with van der Waals surface area (Å²) in [5, 5.41) is 1.10. The summed E-state index contributed by atoms with van der Waals surface area (Å²) in [6.07, 6.45) is 3.29. The number of para-hydroxylation sites is 2. The maximum absolute atomic E-state index is 12.6. The minimum atomic E-state index is -0.0306. The van der Waals surface area contributed by atoms with Crippen molar-refractivity contribution in [2.75, 3.05) is 31.1 Å². The molecule has 3 aromatic rings. The molecule has 0 atom stereocenters. The second-order valence-corrected chi connectivity index (χ2v) is 7.78. The number of hydrogen-bond acceptors (Lipinski definition) is 4. The Balaban J connectivity index is 1.42. The highest BCUT2D eigenvalue weighted by Gasteiger charge is 2.22. The first-order valence-electron chi connectivity index (χ1n) is 9.41. The van der Waals surface area contributed by atoms with E-state index in [-0.39, 0.29) is 5.91 Å². The van der Waals surface area contributed by atoms with Crippen molar-refractivity contribution in [3.05, 3.63) is 69.8 Å². The van der Waals surface area contributed by atoms with Gasteiger partial charge in [0.1, 0.15) is 0 Å². The van der Waals surface area contributed by atoms with E-state index >= 15 is 0 Å². The van der Waals surface area contributed by atoms with Gasteiger partial charge in [-0.25, -0.2) is 9.97 Å². The molecule has 4 rings (SSSR count). The fraction of sp³-hybridized carbons (Fsp3) is 0.227. The normalized spacial score (nSPS) is 14.7. The third kappa shape index (κ3) is 4.36. The van der Waals surface area contributed by atoms with E-state index in [9.17, 15) is 4.79 Å². The van der Waals surface area contributed by atoms with E-state index in [4.69, 9.17) is 28.2 Å². The minimum absolute atomic E-state index is 0.0306. The Labute approximate surface area is 179 Å². The van der Waals surface area contributed by atoms with Gasteiger partial charge in [-0.3, -0.25) is 4.79 Å². The van der Waals surface area contributed by atoms with Crippen LogP contribution in [0.3, 0.4) is 0 Å². The Morgan fingerprint density at radius 2 is 1.69 bits per heavy atom. The van der Waals surface area contributed by atoms with Gasteiger partial charge in [-0.05, 0) is 42.8 Å². The van der Waals surface area contributed by atoms with Crippen LogP contribution in [0.4, 0.5) is 5.82 Å². The molecule has 1 fully saturated rings. The van der Waals surface area contributed by atoms with Crippen LogP contribution in [0.2, 0.25) is 10.0 Å². The number of anilines is 1. The molecule has 0 radical (unpaired) electrons. The topological polar surface area (TPSA) is 49.3 Å². The van der Waals surface area contributed by atoms with Crippen LogP contribution >= 0.6 is 23.2 Å². The molecular formula is C22H20Cl2N4O. The quantitative estimate of drug-likeness (QED) is 0.573. The molecule has 1 amide bonds. The lowest BCUT2D eigenvalue weighted by atomic mass is 10.2. The number of carbonyl (C=O) groups excluding carboxylic acids is 1. The van der Waals surface area contributed by atoms with E-state index in [1.807, 2.05) is 36.1 Å². The van der Waals surface area contributed by atoms with E-state index in [1.165, 1.54) is 0 Å². The summed E-state index contributed by atoms with van der Waals surface area (Å²) >= 11 is 12.1. The van der Waals surface area contributed by atoms with Crippen LogP contribution < -0.4 is 4.90 Å². The van der Waals surface area contributed by atoms with Crippen molar-refractivity contribution in [3.8, 4) is 0 Å². The molecule has 1 aromatic heterocycles. The molecule has 1 aliphatic heterocycles. The second kappa shape index (κ2) is 8.39. The molecule has 2 aromatic carbocycles. The molecule has 2 heterocycles. The van der Waals surface area contributed by atoms with Crippen LogP contribution in [0.5, 0.6) is 0 Å². The number of aromatic nitrogens is 2. The smallest absolute Gasteiger partial charge is 0.246 e. The van der Waals surface area contributed by atoms with Crippen LogP contribution in [0, 0.1) is 6.92 Å². The maximum Gasteiger partial charge on any atom is 0.246 e. The lowest BCUT2D eigenvalue weighted by Crippen LogP contribution is -2.48. The SMILES string of the molecule is Cc1nc2ccccc2nc1N1CCN(C(=O)/C=C/c2ccc(Cl)cc2Cl)CC1. The third-order valence-corrected chi connectivity index (χ3v) is 5.54. The van der Waals surface area contributed by atoms with Gasteiger partial charge in [-0.1, -0.05) is 41.4 Å². The number of halogens is 2. The molecule has 1 saturated heterocycles. The standard InChI is InChI=1S/C22H20Cl2N4O/c1-15-22(26-20-5-3-2-4-19(20)25-15)28-12-10-27(11-13-28)21(29)9-7-16-6-8-17(23)14-18(16)24/h2-9,14H,10-13H2,1H3/b9-7+. The van der Waals surface area contributed by atoms with Gasteiger partial charge >= 0.3 is 0 Å². The van der Waals surface area contributed by atoms with Crippen molar-refractivity contribution in [2.45, 2.75) is 6.92 Å². The Morgan fingerprint density at radius 3 is 2.38 bits per heavy atom. The average molecular weight is 427 g/mol. The Hall–Kier alpha value is -2.63. The number of piperazine rings is 1. The highest BCUT2D eigenvalue weighted by molar-refractivity contribution is 6.35. The van der Waals surface area contributed by atoms with Gasteiger partial charge in [0, 0.05) is 42.3 Å². The molecule has 0 unspecified atom stereocenters. The number of amides is 1. The Bertz CT molecular complexity index is 1090. The summed E-state index contributed by atoms with van der Waals surface area (Å²) in [5.41, 5.74) is 3.45. The summed E-state index contributed by atoms with van der Waals surface area (Å²) in [6, 6.07) is 13.1. The van der Waals surface area contributed by atoms with Gasteiger partial charge in [0.15, 0.2) is 5.82 Å². The van der Waals surface area contributed by atoms with Gasteiger partial charge in [0.25, 0.3) is 0 Å². The van der Waals surface area contributed by atoms with E-state index < -0.39 is 0 Å². The van der Waals surface area contributed by atoms with Crippen LogP contribution in [0.15, 0.2) is 48.5 Å². The molecule has 5 nitrogen and oxygen atoms in total. The second-order valence-electron chi connectivity index (χ2n) is 6.93. The molecule has 0 aliphatic carbocycles. The number of benzene rings is 2. The lowest BCUT2D eigenvalue weighted by Gasteiger charge is -2.35. The predicted molar refractivity (Wildman–Crippen MR) is 119 cm³/mol. The third-order valence-electron chi connectivity index (χ3n) is 4.98. The molecule has 7 heteroatoms. The number of carbonyl (C=O) groups is 1. The molecule has 0 bridgehead atoms. The number of fused-ring (bicyclic) bond motifs is 1. The van der Waals surface area contributed by atoms with Gasteiger partial charge in [0.05, 0.1) is 16.7 Å². The Kier molecular flexibility index (Phi) is 5.69. The zero-order valence-electron chi connectivity index (χ0n) is 16.0. The number of aryl methyl sites for hydroxylation is 1. The molecule has 0 saturated carbocycles. The van der Waals surface area contributed by atoms with Gasteiger partial charge in [-0.15, -0.1) is 0 Å². The molecule has 0 N–H and O–H groups in total. The van der Waals surface area contributed by atoms with Crippen molar-refractivity contribution in [3.63, 3.8) is 0 Å². The molecule has 29 heavy (non-hydrogen) atoms. The van der Waals surface area contributed by atoms with Crippen molar-refractivity contribution < 1.29 is 4.79 Å². The first-order valence-corrected chi connectivity index (χ1v) is 10.2. The van der Waals surface area contributed by atoms with Gasteiger partial charge < -0.3 is 9.80 Å². The van der Waals surface area contributed by atoms with Crippen LogP contribution in [-0.2, 0) is 4.79 Å². The zero-order chi connectivity index (χ0) is 20.4. The average Bonchev–Trinajstić information content (AvgIpc) is 2.72. The summed E-state index contributed by atoms with van der Waals surface area (Å²) in [7, 11) is 0. The predicted octanol–water partition coefficient (Wildman–Crippen LogP) is 4.61. The highest BCUT2D eigenvalue weighted by atomic mass is 35.5. The monoisotopic (exact) mass is 426 g/mol. The first kappa shape index (κ1) is 19.7. The largest absolute Gasteiger partial charge is 0.352 e. The zero-order valence-corrected chi connectivity index (χ0v) is 17.5. The summed E-state index contributed by atoms with van der Waals surface area (Å²) < 4.78 is 0. The molecule has 1 aliphatic rings. The summed E-state index contributed by atoms with van der Waals surface area (Å²) in [6.45, 7) is 4.67. The van der Waals surface area contributed by atoms with Crippen LogP contribution in [0.1, 0.15) is 11.3 Å². The Morgan fingerprint density at radius 1 is 1.00 bits per heavy atom. The van der Waals surface area contributed by atoms with E-state index in [1.54, 1.807) is 30.4 Å². The number of nitrogens with zero attached hydrogens (tertiary/aromatic N) is 4. The summed E-state index contributed by atoms with van der Waals surface area (Å²) in [4.78, 5) is 26.0. The van der Waals surface area contributed by atoms with Crippen molar-refractivity contribution in [2.24, 2.45) is 0 Å². The van der Waals surface area contributed by atoms with E-state index in [0.29, 0.717) is 23.1 Å². The van der Waals surface area contributed by atoms with Crippen LogP contribution in [-0.4, -0.2) is 47.0 Å². The van der Waals surface area contributed by atoms with Gasteiger partial charge in [-0.2, -0.15) is 0 Å². The fourth-order valence-corrected chi connectivity index (χ4v) is 3.89. The molecule has 0 spiro atoms. The lowest BCUT2D eigenvalue weighted by molar-refractivity contribution is -0.126. The fourth-order valence-electron chi connectivity index (χ4n) is 3.42. The van der Waals surface area contributed by atoms with Crippen molar-refractivity contribution in [1.29, 1.82) is 0 Å². The number of hydrogen-bond donors (Lipinski definition) is 0. The molecule has 148 valence electrons. The van der Waals surface area contributed by atoms with Crippen molar-refractivity contribution >= 4 is 52.0 Å². The van der Waals surface area contributed by atoms with Crippen LogP contribution in [0.25, 0.3) is 17.1 Å². The van der Waals surface area contributed by atoms with Crippen molar-refractivity contribution in [1.82, 2.24) is 14.9 Å². The van der Waals surface area contributed by atoms with Gasteiger partial charge in [0.2, 0.25) is 5.91 Å². The minimum Gasteiger partial charge on any atom is -0.352 e. The number of rotatable bonds is 3. The first-order chi connectivity index (χ1) is 14.0. The molecular weight excluding hydrogens is 407 g/mol. The van der Waals surface area contributed by atoms with E-state index in [0.717, 1.165) is 41.2 Å². The van der Waals surface area contributed by atoms with E-state index in [2.05, 4.69) is 9.88 Å². The summed E-state index contributed by atoms with van der Waals surface area (Å²) in [5.74, 6) is 0.858. The maximum atomic E-state index is 12.6. The highest BCUT2D eigenvalue weighted by Crippen LogP contribution is 2.23.